The van der Waals surface area contributed by atoms with E-state index in [9.17, 15) is 14.4 Å². The minimum Gasteiger partial charge on any atom is -0.489 e. The third-order valence-electron chi connectivity index (χ3n) is 8.18. The summed E-state index contributed by atoms with van der Waals surface area (Å²) in [5.41, 5.74) is 3.85. The molecule has 1 aliphatic carbocycles. The number of carbonyl (C=O) groups excluding carboxylic acids is 3. The number of hydrogen-bond donors (Lipinski definition) is 1. The summed E-state index contributed by atoms with van der Waals surface area (Å²) in [7, 11) is 0. The highest BCUT2D eigenvalue weighted by Crippen LogP contribution is 2.36. The zero-order valence-electron chi connectivity index (χ0n) is 20.6. The van der Waals surface area contributed by atoms with Crippen molar-refractivity contribution >= 4 is 17.7 Å². The Hall–Kier alpha value is -3.26. The number of rotatable bonds is 5. The average molecular weight is 489 g/mol. The van der Waals surface area contributed by atoms with Crippen LogP contribution in [0.25, 0.3) is 0 Å². The van der Waals surface area contributed by atoms with Crippen LogP contribution in [0.15, 0.2) is 36.5 Å². The summed E-state index contributed by atoms with van der Waals surface area (Å²) in [6, 6.07) is 9.73. The predicted molar refractivity (Wildman–Crippen MR) is 132 cm³/mol. The molecule has 8 heteroatoms. The third kappa shape index (κ3) is 4.28. The summed E-state index contributed by atoms with van der Waals surface area (Å²) in [5.74, 6) is 0.445. The average Bonchev–Trinajstić information content (AvgIpc) is 3.16. The molecule has 188 valence electrons. The van der Waals surface area contributed by atoms with Gasteiger partial charge in [-0.05, 0) is 68.0 Å². The Labute approximate surface area is 211 Å². The Morgan fingerprint density at radius 3 is 2.64 bits per heavy atom. The predicted octanol–water partition coefficient (Wildman–Crippen LogP) is 2.94. The van der Waals surface area contributed by atoms with Crippen LogP contribution >= 0.6 is 0 Å². The maximum atomic E-state index is 13.0. The van der Waals surface area contributed by atoms with Crippen molar-refractivity contribution in [2.45, 2.75) is 76.1 Å². The standard InChI is InChI=1S/C28H32N4O4/c1-17-6-9-22(29-13-17)19-14-31(15-19)23-4-2-3-5-25(23)36-20-7-8-21-18(12-20)16-32(28(21)35)24-10-11-26(33)30-27(24)34/h6-9,12-13,19,23-25H,2-5,10-11,14-16H2,1H3,(H,30,33,34)/t23-,24?,25+/m1/s1. The third-order valence-corrected chi connectivity index (χ3v) is 8.18. The number of nitrogens with zero attached hydrogens (tertiary/aromatic N) is 3. The molecule has 3 atom stereocenters. The minimum atomic E-state index is -0.600. The summed E-state index contributed by atoms with van der Waals surface area (Å²) >= 11 is 0. The topological polar surface area (TPSA) is 91.8 Å². The lowest BCUT2D eigenvalue weighted by Crippen LogP contribution is -2.57. The molecule has 0 bridgehead atoms. The van der Waals surface area contributed by atoms with Crippen molar-refractivity contribution in [1.82, 2.24) is 20.1 Å². The Morgan fingerprint density at radius 1 is 1.03 bits per heavy atom. The van der Waals surface area contributed by atoms with Gasteiger partial charge in [-0.15, -0.1) is 0 Å². The first-order chi connectivity index (χ1) is 17.5. The van der Waals surface area contributed by atoms with Crippen LogP contribution in [0.4, 0.5) is 0 Å². The van der Waals surface area contributed by atoms with E-state index in [4.69, 9.17) is 4.74 Å². The summed E-state index contributed by atoms with van der Waals surface area (Å²) in [5, 5.41) is 2.36. The molecule has 3 aliphatic heterocycles. The van der Waals surface area contributed by atoms with Gasteiger partial charge in [0.2, 0.25) is 11.8 Å². The summed E-state index contributed by atoms with van der Waals surface area (Å²) < 4.78 is 6.55. The van der Waals surface area contributed by atoms with Gasteiger partial charge in [0, 0.05) is 55.5 Å². The number of benzene rings is 1. The Morgan fingerprint density at radius 2 is 1.86 bits per heavy atom. The van der Waals surface area contributed by atoms with Crippen molar-refractivity contribution in [2.24, 2.45) is 0 Å². The first kappa shape index (κ1) is 23.2. The van der Waals surface area contributed by atoms with Crippen molar-refractivity contribution < 1.29 is 19.1 Å². The zero-order chi connectivity index (χ0) is 24.8. The molecule has 1 aromatic carbocycles. The molecule has 8 nitrogen and oxygen atoms in total. The Bertz CT molecular complexity index is 1190. The van der Waals surface area contributed by atoms with Crippen LogP contribution in [0.2, 0.25) is 0 Å². The van der Waals surface area contributed by atoms with Gasteiger partial charge in [0.1, 0.15) is 17.9 Å². The van der Waals surface area contributed by atoms with Gasteiger partial charge < -0.3 is 9.64 Å². The van der Waals surface area contributed by atoms with Gasteiger partial charge in [0.25, 0.3) is 5.91 Å². The minimum absolute atomic E-state index is 0.118. The van der Waals surface area contributed by atoms with E-state index in [2.05, 4.69) is 34.3 Å². The molecule has 0 radical (unpaired) electrons. The second-order valence-corrected chi connectivity index (χ2v) is 10.6. The quantitative estimate of drug-likeness (QED) is 0.651. The van der Waals surface area contributed by atoms with Crippen LogP contribution in [0.1, 0.15) is 71.6 Å². The van der Waals surface area contributed by atoms with Gasteiger partial charge >= 0.3 is 0 Å². The van der Waals surface area contributed by atoms with E-state index in [1.807, 2.05) is 24.4 Å². The highest BCUT2D eigenvalue weighted by atomic mass is 16.5. The molecule has 1 N–H and O–H groups in total. The van der Waals surface area contributed by atoms with E-state index in [-0.39, 0.29) is 30.2 Å². The molecule has 4 aliphatic rings. The molecule has 36 heavy (non-hydrogen) atoms. The van der Waals surface area contributed by atoms with Gasteiger partial charge in [-0.3, -0.25) is 29.6 Å². The van der Waals surface area contributed by atoms with Crippen LogP contribution in [-0.2, 0) is 16.1 Å². The van der Waals surface area contributed by atoms with E-state index < -0.39 is 6.04 Å². The fourth-order valence-electron chi connectivity index (χ4n) is 6.12. The van der Waals surface area contributed by atoms with E-state index in [0.29, 0.717) is 30.5 Å². The molecule has 1 unspecified atom stereocenters. The van der Waals surface area contributed by atoms with Crippen LogP contribution in [-0.4, -0.2) is 63.8 Å². The smallest absolute Gasteiger partial charge is 0.255 e. The van der Waals surface area contributed by atoms with Crippen LogP contribution in [0, 0.1) is 6.92 Å². The molecule has 2 saturated heterocycles. The molecule has 1 saturated carbocycles. The number of nitrogens with one attached hydrogen (secondary N) is 1. The normalized spacial score (nSPS) is 27.0. The molecular weight excluding hydrogens is 456 g/mol. The molecule has 3 amide bonds. The number of ether oxygens (including phenoxy) is 1. The Kier molecular flexibility index (Phi) is 5.99. The number of imide groups is 1. The van der Waals surface area contributed by atoms with E-state index >= 15 is 0 Å². The number of fused-ring (bicyclic) bond motifs is 1. The van der Waals surface area contributed by atoms with Crippen LogP contribution < -0.4 is 10.1 Å². The SMILES string of the molecule is Cc1ccc(C2CN([C@@H]3CCCC[C@@H]3Oc3ccc4c(c3)CN(C3CCC(=O)NC3=O)C4=O)C2)nc1. The monoisotopic (exact) mass is 488 g/mol. The van der Waals surface area contributed by atoms with Gasteiger partial charge in [0.05, 0.1) is 0 Å². The number of likely N-dealkylation sites (tertiary alicyclic amines) is 1. The van der Waals surface area contributed by atoms with Crippen LogP contribution in [0.5, 0.6) is 5.75 Å². The van der Waals surface area contributed by atoms with Gasteiger partial charge in [-0.2, -0.15) is 0 Å². The molecule has 2 aromatic rings. The molecule has 3 fully saturated rings. The largest absolute Gasteiger partial charge is 0.489 e. The number of pyridine rings is 1. The van der Waals surface area contributed by atoms with Crippen LogP contribution in [0.3, 0.4) is 0 Å². The fourth-order valence-corrected chi connectivity index (χ4v) is 6.12. The molecule has 6 rings (SSSR count). The number of amides is 3. The highest BCUT2D eigenvalue weighted by Gasteiger charge is 2.41. The summed E-state index contributed by atoms with van der Waals surface area (Å²) in [6.07, 6.45) is 7.21. The molecule has 0 spiro atoms. The molecule has 1 aromatic heterocycles. The Balaban J connectivity index is 1.11. The van der Waals surface area contributed by atoms with E-state index in [0.717, 1.165) is 43.7 Å². The first-order valence-electron chi connectivity index (χ1n) is 13.1. The lowest BCUT2D eigenvalue weighted by molar-refractivity contribution is -0.136. The van der Waals surface area contributed by atoms with Crippen molar-refractivity contribution in [3.63, 3.8) is 0 Å². The highest BCUT2D eigenvalue weighted by molar-refractivity contribution is 6.05. The number of carbonyl (C=O) groups is 3. The van der Waals surface area contributed by atoms with Gasteiger partial charge in [-0.1, -0.05) is 12.5 Å². The number of aromatic nitrogens is 1. The number of hydrogen-bond acceptors (Lipinski definition) is 6. The van der Waals surface area contributed by atoms with Gasteiger partial charge in [0.15, 0.2) is 0 Å². The van der Waals surface area contributed by atoms with Crippen molar-refractivity contribution in [3.8, 4) is 5.75 Å². The summed E-state index contributed by atoms with van der Waals surface area (Å²) in [6.45, 7) is 4.46. The maximum absolute atomic E-state index is 13.0. The number of aryl methyl sites for hydroxylation is 1. The first-order valence-corrected chi connectivity index (χ1v) is 13.1. The van der Waals surface area contributed by atoms with Crippen molar-refractivity contribution in [2.75, 3.05) is 13.1 Å². The second kappa shape index (κ2) is 9.32. The summed E-state index contributed by atoms with van der Waals surface area (Å²) in [4.78, 5) is 45.6. The van der Waals surface area contributed by atoms with E-state index in [1.165, 1.54) is 17.7 Å². The lowest BCUT2D eigenvalue weighted by Gasteiger charge is -2.48. The number of piperidine rings is 1. The molecular formula is C28H32N4O4. The molecule has 4 heterocycles. The van der Waals surface area contributed by atoms with Crippen molar-refractivity contribution in [1.29, 1.82) is 0 Å². The van der Waals surface area contributed by atoms with Crippen molar-refractivity contribution in [3.05, 3.63) is 58.9 Å². The fraction of sp³-hybridized carbons (Fsp3) is 0.500. The lowest BCUT2D eigenvalue weighted by atomic mass is 9.85. The van der Waals surface area contributed by atoms with E-state index in [1.54, 1.807) is 4.90 Å². The second-order valence-electron chi connectivity index (χ2n) is 10.6. The van der Waals surface area contributed by atoms with Gasteiger partial charge in [-0.25, -0.2) is 0 Å². The maximum Gasteiger partial charge on any atom is 0.255 e. The zero-order valence-corrected chi connectivity index (χ0v) is 20.6.